The fraction of sp³-hybridized carbons (Fsp3) is 0.167. The lowest BCUT2D eigenvalue weighted by atomic mass is 10.1. The Bertz CT molecular complexity index is 617. The van der Waals surface area contributed by atoms with E-state index in [0.717, 1.165) is 11.1 Å². The molecule has 0 aliphatic carbocycles. The van der Waals surface area contributed by atoms with Crippen molar-refractivity contribution in [3.63, 3.8) is 0 Å². The Morgan fingerprint density at radius 2 is 1.60 bits per heavy atom. The van der Waals surface area contributed by atoms with E-state index in [2.05, 4.69) is 17.9 Å². The third-order valence-corrected chi connectivity index (χ3v) is 2.74. The van der Waals surface area contributed by atoms with Gasteiger partial charge in [0.15, 0.2) is 6.10 Å². The molecule has 2 aromatic carbocycles. The van der Waals surface area contributed by atoms with E-state index in [1.165, 1.54) is 0 Å². The van der Waals surface area contributed by atoms with Gasteiger partial charge in [0.05, 0.1) is 12.7 Å². The maximum atomic E-state index is 9.10. The van der Waals surface area contributed by atoms with Crippen molar-refractivity contribution in [2.75, 3.05) is 6.61 Å². The second-order valence-corrected chi connectivity index (χ2v) is 4.21. The fourth-order valence-electron chi connectivity index (χ4n) is 1.75. The smallest absolute Gasteiger partial charge is 0.169 e. The van der Waals surface area contributed by atoms with Gasteiger partial charge in [0.2, 0.25) is 0 Å². The fourth-order valence-corrected chi connectivity index (χ4v) is 1.75. The molecule has 0 bridgehead atoms. The van der Waals surface area contributed by atoms with Crippen molar-refractivity contribution in [3.05, 3.63) is 71.8 Å². The number of rotatable bonds is 4. The Kier molecular flexibility index (Phi) is 5.40. The van der Waals surface area contributed by atoms with Gasteiger partial charge < -0.3 is 4.74 Å². The summed E-state index contributed by atoms with van der Waals surface area (Å²) < 4.78 is 5.55. The number of hydrogen-bond acceptors (Lipinski definition) is 2. The Morgan fingerprint density at radius 1 is 0.950 bits per heavy atom. The van der Waals surface area contributed by atoms with Crippen LogP contribution < -0.4 is 0 Å². The second kappa shape index (κ2) is 7.79. The summed E-state index contributed by atoms with van der Waals surface area (Å²) in [6.07, 6.45) is 0.0922. The van der Waals surface area contributed by atoms with Crippen molar-refractivity contribution in [3.8, 4) is 17.9 Å². The first-order chi connectivity index (χ1) is 9.90. The summed E-state index contributed by atoms with van der Waals surface area (Å²) in [5.41, 5.74) is 1.87. The van der Waals surface area contributed by atoms with Crippen LogP contribution in [0.4, 0.5) is 0 Å². The van der Waals surface area contributed by atoms with Crippen molar-refractivity contribution >= 4 is 0 Å². The lowest BCUT2D eigenvalue weighted by Gasteiger charge is -2.09. The van der Waals surface area contributed by atoms with Gasteiger partial charge in [0.1, 0.15) is 0 Å². The van der Waals surface area contributed by atoms with Crippen molar-refractivity contribution < 1.29 is 4.74 Å². The van der Waals surface area contributed by atoms with E-state index in [9.17, 15) is 0 Å². The molecular formula is C18H15NO. The van der Waals surface area contributed by atoms with E-state index in [4.69, 9.17) is 10.00 Å². The highest BCUT2D eigenvalue weighted by atomic mass is 16.5. The first kappa shape index (κ1) is 13.9. The minimum atomic E-state index is -0.519. The van der Waals surface area contributed by atoms with E-state index in [-0.39, 0.29) is 0 Å². The van der Waals surface area contributed by atoms with Crippen molar-refractivity contribution in [2.24, 2.45) is 0 Å². The minimum Gasteiger partial charge on any atom is -0.358 e. The molecule has 98 valence electrons. The lowest BCUT2D eigenvalue weighted by molar-refractivity contribution is 0.0952. The summed E-state index contributed by atoms with van der Waals surface area (Å²) in [5.74, 6) is 6.11. The molecule has 2 rings (SSSR count). The van der Waals surface area contributed by atoms with Crippen LogP contribution in [0, 0.1) is 23.2 Å². The Morgan fingerprint density at radius 3 is 2.25 bits per heavy atom. The van der Waals surface area contributed by atoms with E-state index in [0.29, 0.717) is 13.0 Å². The number of nitriles is 1. The summed E-state index contributed by atoms with van der Waals surface area (Å²) in [6, 6.07) is 21.5. The molecule has 20 heavy (non-hydrogen) atoms. The largest absolute Gasteiger partial charge is 0.358 e. The molecule has 0 aliphatic rings. The maximum absolute atomic E-state index is 9.10. The summed E-state index contributed by atoms with van der Waals surface area (Å²) in [5, 5.41) is 9.10. The zero-order valence-electron chi connectivity index (χ0n) is 11.1. The first-order valence-corrected chi connectivity index (χ1v) is 6.50. The molecule has 0 aliphatic heterocycles. The predicted octanol–water partition coefficient (Wildman–Crippen LogP) is 3.71. The topological polar surface area (TPSA) is 33.0 Å². The van der Waals surface area contributed by atoms with E-state index in [1.54, 1.807) is 0 Å². The van der Waals surface area contributed by atoms with Gasteiger partial charge in [-0.25, -0.2) is 0 Å². The van der Waals surface area contributed by atoms with Crippen LogP contribution in [0.15, 0.2) is 60.7 Å². The molecule has 0 N–H and O–H groups in total. The standard InChI is InChI=1S/C18H15NO/c19-15-18(17-12-5-2-6-13-17)20-14-8-7-11-16-9-3-1-4-10-16/h1-6,9-10,12-13,18H,8,14H2. The lowest BCUT2D eigenvalue weighted by Crippen LogP contribution is -2.02. The molecule has 0 heterocycles. The maximum Gasteiger partial charge on any atom is 0.169 e. The monoisotopic (exact) mass is 261 g/mol. The normalized spacial score (nSPS) is 10.9. The quantitative estimate of drug-likeness (QED) is 0.621. The summed E-state index contributed by atoms with van der Waals surface area (Å²) >= 11 is 0. The van der Waals surface area contributed by atoms with Crippen LogP contribution in [0.25, 0.3) is 0 Å². The van der Waals surface area contributed by atoms with Gasteiger partial charge in [-0.1, -0.05) is 60.4 Å². The molecule has 0 amide bonds. The Labute approximate surface area is 119 Å². The van der Waals surface area contributed by atoms with Crippen molar-refractivity contribution in [1.29, 1.82) is 5.26 Å². The average Bonchev–Trinajstić information content (AvgIpc) is 2.53. The molecule has 1 unspecified atom stereocenters. The minimum absolute atomic E-state index is 0.451. The molecule has 2 nitrogen and oxygen atoms in total. The highest BCUT2D eigenvalue weighted by molar-refractivity contribution is 5.33. The Hall–Kier alpha value is -2.55. The SMILES string of the molecule is N#CC(OCCC#Cc1ccccc1)c1ccccc1. The van der Waals surface area contributed by atoms with E-state index >= 15 is 0 Å². The van der Waals surface area contributed by atoms with Gasteiger partial charge >= 0.3 is 0 Å². The van der Waals surface area contributed by atoms with Crippen molar-refractivity contribution in [2.45, 2.75) is 12.5 Å². The third-order valence-electron chi connectivity index (χ3n) is 2.74. The van der Waals surface area contributed by atoms with Crippen molar-refractivity contribution in [1.82, 2.24) is 0 Å². The van der Waals surface area contributed by atoms with E-state index in [1.807, 2.05) is 60.7 Å². The van der Waals surface area contributed by atoms with Gasteiger partial charge in [-0.15, -0.1) is 0 Å². The number of nitrogens with zero attached hydrogens (tertiary/aromatic N) is 1. The van der Waals surface area contributed by atoms with Gasteiger partial charge in [-0.3, -0.25) is 0 Å². The molecule has 0 saturated carbocycles. The molecule has 0 saturated heterocycles. The van der Waals surface area contributed by atoms with Gasteiger partial charge in [-0.2, -0.15) is 5.26 Å². The molecular weight excluding hydrogens is 246 g/mol. The Balaban J connectivity index is 1.81. The number of benzene rings is 2. The highest BCUT2D eigenvalue weighted by Gasteiger charge is 2.08. The molecule has 0 radical (unpaired) electrons. The van der Waals surface area contributed by atoms with Gasteiger partial charge in [-0.05, 0) is 17.7 Å². The van der Waals surface area contributed by atoms with Crippen LogP contribution in [0.2, 0.25) is 0 Å². The average molecular weight is 261 g/mol. The van der Waals surface area contributed by atoms with Crippen LogP contribution in [0.1, 0.15) is 23.7 Å². The molecule has 0 spiro atoms. The van der Waals surface area contributed by atoms with Crippen LogP contribution in [0.3, 0.4) is 0 Å². The molecule has 0 aromatic heterocycles. The second-order valence-electron chi connectivity index (χ2n) is 4.21. The molecule has 1 atom stereocenters. The van der Waals surface area contributed by atoms with E-state index < -0.39 is 6.10 Å². The van der Waals surface area contributed by atoms with Crippen LogP contribution in [0.5, 0.6) is 0 Å². The zero-order valence-corrected chi connectivity index (χ0v) is 11.1. The number of ether oxygens (including phenoxy) is 1. The number of hydrogen-bond donors (Lipinski definition) is 0. The van der Waals surface area contributed by atoms with Crippen LogP contribution in [-0.4, -0.2) is 6.61 Å². The van der Waals surface area contributed by atoms with Crippen LogP contribution >= 0.6 is 0 Å². The van der Waals surface area contributed by atoms with Crippen LogP contribution in [-0.2, 0) is 4.74 Å². The first-order valence-electron chi connectivity index (χ1n) is 6.50. The molecule has 0 fully saturated rings. The predicted molar refractivity (Wildman–Crippen MR) is 78.7 cm³/mol. The highest BCUT2D eigenvalue weighted by Crippen LogP contribution is 2.15. The molecule has 2 aromatic rings. The summed E-state index contributed by atoms with van der Waals surface area (Å²) in [6.45, 7) is 0.451. The van der Waals surface area contributed by atoms with Gasteiger partial charge in [0, 0.05) is 12.0 Å². The third kappa shape index (κ3) is 4.28. The summed E-state index contributed by atoms with van der Waals surface area (Å²) in [7, 11) is 0. The van der Waals surface area contributed by atoms with Gasteiger partial charge in [0.25, 0.3) is 0 Å². The molecule has 2 heteroatoms. The summed E-state index contributed by atoms with van der Waals surface area (Å²) in [4.78, 5) is 0. The zero-order chi connectivity index (χ0) is 14.0.